The highest BCUT2D eigenvalue weighted by Gasteiger charge is 2.28. The Morgan fingerprint density at radius 1 is 1.40 bits per heavy atom. The van der Waals surface area contributed by atoms with E-state index in [0.29, 0.717) is 18.1 Å². The Balaban J connectivity index is 1.52. The van der Waals surface area contributed by atoms with Crippen molar-refractivity contribution >= 4 is 15.9 Å². The Morgan fingerprint density at radius 3 is 2.85 bits per heavy atom. The van der Waals surface area contributed by atoms with Crippen LogP contribution in [0.15, 0.2) is 22.7 Å². The summed E-state index contributed by atoms with van der Waals surface area (Å²) >= 11 is 3.53. The van der Waals surface area contributed by atoms with Gasteiger partial charge in [-0.1, -0.05) is 15.9 Å². The van der Waals surface area contributed by atoms with E-state index < -0.39 is 0 Å². The molecule has 2 aliphatic heterocycles. The first-order valence-corrected chi connectivity index (χ1v) is 8.34. The molecule has 0 aliphatic carbocycles. The highest BCUT2D eigenvalue weighted by molar-refractivity contribution is 9.10. The lowest BCUT2D eigenvalue weighted by molar-refractivity contribution is 0.112. The van der Waals surface area contributed by atoms with E-state index in [1.807, 2.05) is 0 Å². The van der Waals surface area contributed by atoms with E-state index in [-0.39, 0.29) is 0 Å². The number of hydrogen-bond acceptors (Lipinski definition) is 3. The van der Waals surface area contributed by atoms with Crippen LogP contribution in [0, 0.1) is 5.92 Å². The SMILES string of the molecule is CC(N)C1CCN(CC2Cc3cc(Br)ccc3O2)CC1. The van der Waals surface area contributed by atoms with Crippen LogP contribution in [-0.2, 0) is 6.42 Å². The Hall–Kier alpha value is -0.580. The molecule has 20 heavy (non-hydrogen) atoms. The van der Waals surface area contributed by atoms with Crippen LogP contribution in [0.2, 0.25) is 0 Å². The van der Waals surface area contributed by atoms with Gasteiger partial charge in [0.2, 0.25) is 0 Å². The summed E-state index contributed by atoms with van der Waals surface area (Å²) in [5.74, 6) is 1.76. The maximum absolute atomic E-state index is 6.05. The molecule has 0 bridgehead atoms. The predicted molar refractivity (Wildman–Crippen MR) is 85.1 cm³/mol. The van der Waals surface area contributed by atoms with Crippen molar-refractivity contribution in [1.82, 2.24) is 4.90 Å². The summed E-state index contributed by atoms with van der Waals surface area (Å²) in [4.78, 5) is 2.53. The van der Waals surface area contributed by atoms with Gasteiger partial charge in [-0.2, -0.15) is 0 Å². The van der Waals surface area contributed by atoms with Crippen LogP contribution in [-0.4, -0.2) is 36.7 Å². The fraction of sp³-hybridized carbons (Fsp3) is 0.625. The minimum atomic E-state index is 0.311. The van der Waals surface area contributed by atoms with Crippen LogP contribution < -0.4 is 10.5 Å². The molecule has 4 heteroatoms. The molecule has 110 valence electrons. The molecule has 3 nitrogen and oxygen atoms in total. The molecule has 3 rings (SSSR count). The number of ether oxygens (including phenoxy) is 1. The second-order valence-electron chi connectivity index (χ2n) is 6.19. The lowest BCUT2D eigenvalue weighted by atomic mass is 9.91. The molecule has 2 unspecified atom stereocenters. The smallest absolute Gasteiger partial charge is 0.123 e. The molecule has 0 amide bonds. The molecule has 2 heterocycles. The number of nitrogens with two attached hydrogens (primary N) is 1. The van der Waals surface area contributed by atoms with Crippen molar-refractivity contribution in [3.05, 3.63) is 28.2 Å². The van der Waals surface area contributed by atoms with Crippen molar-refractivity contribution < 1.29 is 4.74 Å². The van der Waals surface area contributed by atoms with Gasteiger partial charge < -0.3 is 10.5 Å². The van der Waals surface area contributed by atoms with E-state index in [0.717, 1.165) is 36.3 Å². The predicted octanol–water partition coefficient (Wildman–Crippen LogP) is 2.81. The first-order chi connectivity index (χ1) is 9.61. The topological polar surface area (TPSA) is 38.5 Å². The largest absolute Gasteiger partial charge is 0.488 e. The average Bonchev–Trinajstić information content (AvgIpc) is 2.80. The van der Waals surface area contributed by atoms with Crippen LogP contribution in [0.25, 0.3) is 0 Å². The zero-order valence-electron chi connectivity index (χ0n) is 12.0. The van der Waals surface area contributed by atoms with Gasteiger partial charge in [0, 0.05) is 23.5 Å². The number of nitrogens with zero attached hydrogens (tertiary/aromatic N) is 1. The highest BCUT2D eigenvalue weighted by Crippen LogP contribution is 2.32. The van der Waals surface area contributed by atoms with Crippen LogP contribution in [0.1, 0.15) is 25.3 Å². The Kier molecular flexibility index (Phi) is 4.34. The van der Waals surface area contributed by atoms with Crippen molar-refractivity contribution in [3.8, 4) is 5.75 Å². The van der Waals surface area contributed by atoms with Gasteiger partial charge in [0.1, 0.15) is 11.9 Å². The molecule has 2 aliphatic rings. The minimum Gasteiger partial charge on any atom is -0.488 e. The van der Waals surface area contributed by atoms with Gasteiger partial charge in [-0.15, -0.1) is 0 Å². The maximum atomic E-state index is 6.05. The third kappa shape index (κ3) is 3.18. The molecule has 1 fully saturated rings. The molecule has 2 N–H and O–H groups in total. The summed E-state index contributed by atoms with van der Waals surface area (Å²) in [5, 5.41) is 0. The van der Waals surface area contributed by atoms with Gasteiger partial charge in [0.15, 0.2) is 0 Å². The molecule has 0 spiro atoms. The van der Waals surface area contributed by atoms with Crippen molar-refractivity contribution in [1.29, 1.82) is 0 Å². The van der Waals surface area contributed by atoms with E-state index >= 15 is 0 Å². The van der Waals surface area contributed by atoms with E-state index in [1.165, 1.54) is 18.4 Å². The Morgan fingerprint density at radius 2 is 2.15 bits per heavy atom. The Labute approximate surface area is 129 Å². The maximum Gasteiger partial charge on any atom is 0.123 e. The third-order valence-electron chi connectivity index (χ3n) is 4.60. The second kappa shape index (κ2) is 6.04. The normalized spacial score (nSPS) is 25.2. The first-order valence-electron chi connectivity index (χ1n) is 7.55. The Bertz CT molecular complexity index is 470. The van der Waals surface area contributed by atoms with Gasteiger partial charge >= 0.3 is 0 Å². The van der Waals surface area contributed by atoms with Crippen molar-refractivity contribution in [2.75, 3.05) is 19.6 Å². The molecule has 0 aromatic heterocycles. The minimum absolute atomic E-state index is 0.311. The molecule has 0 saturated carbocycles. The van der Waals surface area contributed by atoms with Crippen LogP contribution >= 0.6 is 15.9 Å². The number of rotatable bonds is 3. The van der Waals surface area contributed by atoms with Gasteiger partial charge in [0.05, 0.1) is 0 Å². The zero-order valence-corrected chi connectivity index (χ0v) is 13.6. The fourth-order valence-corrected chi connectivity index (χ4v) is 3.75. The van der Waals surface area contributed by atoms with Crippen LogP contribution in [0.5, 0.6) is 5.75 Å². The number of likely N-dealkylation sites (tertiary alicyclic amines) is 1. The van der Waals surface area contributed by atoms with E-state index in [4.69, 9.17) is 10.5 Å². The number of hydrogen-bond donors (Lipinski definition) is 1. The summed E-state index contributed by atoms with van der Waals surface area (Å²) in [6.07, 6.45) is 3.79. The third-order valence-corrected chi connectivity index (χ3v) is 5.09. The van der Waals surface area contributed by atoms with E-state index in [1.54, 1.807) is 0 Å². The standard InChI is InChI=1S/C16H23BrN2O/c1-11(18)12-4-6-19(7-5-12)10-15-9-13-8-14(17)2-3-16(13)20-15/h2-3,8,11-12,15H,4-7,9-10,18H2,1H3. The summed E-state index contributed by atoms with van der Waals surface area (Å²) in [7, 11) is 0. The summed E-state index contributed by atoms with van der Waals surface area (Å²) < 4.78 is 7.19. The molecule has 1 aromatic rings. The summed E-state index contributed by atoms with van der Waals surface area (Å²) in [6.45, 7) is 5.49. The van der Waals surface area contributed by atoms with Crippen LogP contribution in [0.4, 0.5) is 0 Å². The number of fused-ring (bicyclic) bond motifs is 1. The van der Waals surface area contributed by atoms with Crippen LogP contribution in [0.3, 0.4) is 0 Å². The first kappa shape index (κ1) is 14.4. The van der Waals surface area contributed by atoms with Gasteiger partial charge in [-0.3, -0.25) is 4.90 Å². The van der Waals surface area contributed by atoms with Crippen molar-refractivity contribution in [2.24, 2.45) is 11.7 Å². The number of halogens is 1. The average molecular weight is 339 g/mol. The summed E-state index contributed by atoms with van der Waals surface area (Å²) in [6, 6.07) is 6.64. The number of benzene rings is 1. The van der Waals surface area contributed by atoms with Crippen molar-refractivity contribution in [3.63, 3.8) is 0 Å². The molecule has 1 saturated heterocycles. The zero-order chi connectivity index (χ0) is 14.1. The fourth-order valence-electron chi connectivity index (χ4n) is 3.34. The highest BCUT2D eigenvalue weighted by atomic mass is 79.9. The van der Waals surface area contributed by atoms with E-state index in [9.17, 15) is 0 Å². The second-order valence-corrected chi connectivity index (χ2v) is 7.11. The molecule has 0 radical (unpaired) electrons. The number of piperidine rings is 1. The lowest BCUT2D eigenvalue weighted by Crippen LogP contribution is -2.43. The van der Waals surface area contributed by atoms with E-state index in [2.05, 4.69) is 46.0 Å². The summed E-state index contributed by atoms with van der Waals surface area (Å²) in [5.41, 5.74) is 7.33. The molecular formula is C16H23BrN2O. The van der Waals surface area contributed by atoms with Gasteiger partial charge in [-0.25, -0.2) is 0 Å². The molecule has 2 atom stereocenters. The quantitative estimate of drug-likeness (QED) is 0.920. The monoisotopic (exact) mass is 338 g/mol. The van der Waals surface area contributed by atoms with Gasteiger partial charge in [0.25, 0.3) is 0 Å². The molecule has 1 aromatic carbocycles. The molecular weight excluding hydrogens is 316 g/mol. The van der Waals surface area contributed by atoms with Crippen molar-refractivity contribution in [2.45, 2.75) is 38.3 Å². The lowest BCUT2D eigenvalue weighted by Gasteiger charge is -2.34. The van der Waals surface area contributed by atoms with Gasteiger partial charge in [-0.05, 0) is 62.5 Å².